The zero-order valence-corrected chi connectivity index (χ0v) is 9.72. The number of rotatable bonds is 2. The van der Waals surface area contributed by atoms with Crippen LogP contribution < -0.4 is 5.32 Å². The molecule has 2 nitrogen and oxygen atoms in total. The molecule has 1 heterocycles. The van der Waals surface area contributed by atoms with Crippen molar-refractivity contribution in [1.82, 2.24) is 5.32 Å². The van der Waals surface area contributed by atoms with E-state index in [-0.39, 0.29) is 18.4 Å². The standard InChI is InChI=1S/C11H13Cl2NO/c12-9-2-1-3-10(13)11(9)8-5-14-4-7(8)6-15/h1-3,7-8,14-15H,4-6H2/t7-,8-/m0/s1. The summed E-state index contributed by atoms with van der Waals surface area (Å²) >= 11 is 12.3. The van der Waals surface area contributed by atoms with Crippen LogP contribution in [0.15, 0.2) is 18.2 Å². The van der Waals surface area contributed by atoms with E-state index in [1.165, 1.54) is 0 Å². The van der Waals surface area contributed by atoms with Gasteiger partial charge >= 0.3 is 0 Å². The van der Waals surface area contributed by atoms with Crippen molar-refractivity contribution >= 4 is 23.2 Å². The van der Waals surface area contributed by atoms with Gasteiger partial charge in [0.05, 0.1) is 0 Å². The zero-order chi connectivity index (χ0) is 10.8. The van der Waals surface area contributed by atoms with Gasteiger partial charge in [-0.3, -0.25) is 0 Å². The predicted octanol–water partition coefficient (Wildman–Crippen LogP) is 2.29. The van der Waals surface area contributed by atoms with E-state index in [4.69, 9.17) is 23.2 Å². The summed E-state index contributed by atoms with van der Waals surface area (Å²) in [7, 11) is 0. The van der Waals surface area contributed by atoms with Crippen LogP contribution in [0.1, 0.15) is 11.5 Å². The Bertz CT molecular complexity index is 336. The lowest BCUT2D eigenvalue weighted by molar-refractivity contribution is 0.226. The van der Waals surface area contributed by atoms with Crippen molar-refractivity contribution in [1.29, 1.82) is 0 Å². The number of nitrogens with one attached hydrogen (secondary N) is 1. The molecule has 2 rings (SSSR count). The van der Waals surface area contributed by atoms with Crippen molar-refractivity contribution in [3.8, 4) is 0 Å². The van der Waals surface area contributed by atoms with Crippen molar-refractivity contribution in [3.05, 3.63) is 33.8 Å². The second kappa shape index (κ2) is 4.71. The molecule has 4 heteroatoms. The SMILES string of the molecule is OC[C@@H]1CNC[C@@H]1c1c(Cl)cccc1Cl. The van der Waals surface area contributed by atoms with E-state index >= 15 is 0 Å². The first-order chi connectivity index (χ1) is 7.24. The Morgan fingerprint density at radius 1 is 1.27 bits per heavy atom. The Morgan fingerprint density at radius 3 is 2.53 bits per heavy atom. The normalized spacial score (nSPS) is 25.8. The summed E-state index contributed by atoms with van der Waals surface area (Å²) in [4.78, 5) is 0. The third-order valence-electron chi connectivity index (χ3n) is 2.94. The highest BCUT2D eigenvalue weighted by Crippen LogP contribution is 2.37. The molecular formula is C11H13Cl2NO. The third kappa shape index (κ3) is 2.13. The molecule has 0 saturated carbocycles. The summed E-state index contributed by atoms with van der Waals surface area (Å²) in [6.45, 7) is 1.82. The lowest BCUT2D eigenvalue weighted by Gasteiger charge is -2.19. The molecule has 0 aromatic heterocycles. The number of benzene rings is 1. The molecule has 0 bridgehead atoms. The first-order valence-electron chi connectivity index (χ1n) is 4.99. The van der Waals surface area contributed by atoms with E-state index in [0.29, 0.717) is 10.0 Å². The van der Waals surface area contributed by atoms with Gasteiger partial charge in [0, 0.05) is 41.6 Å². The summed E-state index contributed by atoms with van der Waals surface area (Å²) in [6, 6.07) is 5.52. The van der Waals surface area contributed by atoms with E-state index in [1.807, 2.05) is 18.2 Å². The number of hydrogen-bond acceptors (Lipinski definition) is 2. The van der Waals surface area contributed by atoms with E-state index < -0.39 is 0 Å². The summed E-state index contributed by atoms with van der Waals surface area (Å²) < 4.78 is 0. The van der Waals surface area contributed by atoms with E-state index in [2.05, 4.69) is 5.32 Å². The Labute approximate surface area is 99.2 Å². The van der Waals surface area contributed by atoms with Gasteiger partial charge in [-0.15, -0.1) is 0 Å². The van der Waals surface area contributed by atoms with Gasteiger partial charge in [0.1, 0.15) is 0 Å². The van der Waals surface area contributed by atoms with E-state index in [1.54, 1.807) is 0 Å². The monoisotopic (exact) mass is 245 g/mol. The lowest BCUT2D eigenvalue weighted by atomic mass is 9.89. The zero-order valence-electron chi connectivity index (χ0n) is 8.21. The molecule has 0 aliphatic carbocycles. The summed E-state index contributed by atoms with van der Waals surface area (Å²) in [5.41, 5.74) is 0.963. The third-order valence-corrected chi connectivity index (χ3v) is 3.60. The van der Waals surface area contributed by atoms with Gasteiger partial charge in [-0.25, -0.2) is 0 Å². The highest BCUT2D eigenvalue weighted by Gasteiger charge is 2.30. The van der Waals surface area contributed by atoms with Crippen LogP contribution in [0, 0.1) is 5.92 Å². The highest BCUT2D eigenvalue weighted by molar-refractivity contribution is 6.36. The van der Waals surface area contributed by atoms with Gasteiger partial charge in [-0.1, -0.05) is 29.3 Å². The maximum atomic E-state index is 9.25. The molecule has 0 spiro atoms. The van der Waals surface area contributed by atoms with Gasteiger partial charge < -0.3 is 10.4 Å². The fourth-order valence-corrected chi connectivity index (χ4v) is 2.81. The van der Waals surface area contributed by atoms with Gasteiger partial charge in [-0.2, -0.15) is 0 Å². The lowest BCUT2D eigenvalue weighted by Crippen LogP contribution is -2.15. The van der Waals surface area contributed by atoms with Crippen molar-refractivity contribution in [2.24, 2.45) is 5.92 Å². The van der Waals surface area contributed by atoms with E-state index in [0.717, 1.165) is 18.7 Å². The van der Waals surface area contributed by atoms with Crippen LogP contribution in [0.25, 0.3) is 0 Å². The average molecular weight is 246 g/mol. The molecule has 2 N–H and O–H groups in total. The molecule has 1 aliphatic rings. The Morgan fingerprint density at radius 2 is 1.93 bits per heavy atom. The summed E-state index contributed by atoms with van der Waals surface area (Å²) in [5.74, 6) is 0.429. The van der Waals surface area contributed by atoms with Crippen molar-refractivity contribution in [2.45, 2.75) is 5.92 Å². The molecule has 0 radical (unpaired) electrons. The van der Waals surface area contributed by atoms with Crippen LogP contribution in [0.4, 0.5) is 0 Å². The predicted molar refractivity (Wildman–Crippen MR) is 62.6 cm³/mol. The van der Waals surface area contributed by atoms with Gasteiger partial charge in [0.2, 0.25) is 0 Å². The quantitative estimate of drug-likeness (QED) is 0.839. The second-order valence-corrected chi connectivity index (χ2v) is 4.66. The minimum absolute atomic E-state index is 0.166. The van der Waals surface area contributed by atoms with Crippen LogP contribution in [0.3, 0.4) is 0 Å². The number of halogens is 2. The van der Waals surface area contributed by atoms with Crippen LogP contribution in [-0.2, 0) is 0 Å². The molecule has 2 atom stereocenters. The van der Waals surface area contributed by atoms with Gasteiger partial charge in [0.15, 0.2) is 0 Å². The first-order valence-corrected chi connectivity index (χ1v) is 5.75. The van der Waals surface area contributed by atoms with Crippen LogP contribution in [-0.4, -0.2) is 24.8 Å². The van der Waals surface area contributed by atoms with E-state index in [9.17, 15) is 5.11 Å². The van der Waals surface area contributed by atoms with Gasteiger partial charge in [0.25, 0.3) is 0 Å². The van der Waals surface area contributed by atoms with Crippen LogP contribution in [0.5, 0.6) is 0 Å². The fourth-order valence-electron chi connectivity index (χ4n) is 2.13. The molecule has 0 unspecified atom stereocenters. The Hall–Kier alpha value is -0.280. The summed E-state index contributed by atoms with van der Waals surface area (Å²) in [6.07, 6.45) is 0. The van der Waals surface area contributed by atoms with Crippen molar-refractivity contribution < 1.29 is 5.11 Å². The Balaban J connectivity index is 2.36. The maximum absolute atomic E-state index is 9.25. The number of aliphatic hydroxyl groups excluding tert-OH is 1. The molecule has 1 aliphatic heterocycles. The smallest absolute Gasteiger partial charge is 0.0477 e. The topological polar surface area (TPSA) is 32.3 Å². The number of hydrogen-bond donors (Lipinski definition) is 2. The molecule has 1 aromatic carbocycles. The minimum atomic E-state index is 0.166. The molecule has 1 aromatic rings. The maximum Gasteiger partial charge on any atom is 0.0477 e. The van der Waals surface area contributed by atoms with Gasteiger partial charge in [-0.05, 0) is 17.7 Å². The van der Waals surface area contributed by atoms with Crippen LogP contribution in [0.2, 0.25) is 10.0 Å². The average Bonchev–Trinajstić information content (AvgIpc) is 2.65. The fraction of sp³-hybridized carbons (Fsp3) is 0.455. The summed E-state index contributed by atoms with van der Waals surface area (Å²) in [5, 5.41) is 13.9. The van der Waals surface area contributed by atoms with Crippen molar-refractivity contribution in [3.63, 3.8) is 0 Å². The Kier molecular flexibility index (Phi) is 3.52. The molecule has 1 saturated heterocycles. The molecule has 0 amide bonds. The molecule has 1 fully saturated rings. The van der Waals surface area contributed by atoms with Crippen molar-refractivity contribution in [2.75, 3.05) is 19.7 Å². The second-order valence-electron chi connectivity index (χ2n) is 3.84. The largest absolute Gasteiger partial charge is 0.396 e. The molecule has 15 heavy (non-hydrogen) atoms. The highest BCUT2D eigenvalue weighted by atomic mass is 35.5. The molecule has 82 valence electrons. The number of aliphatic hydroxyl groups is 1. The molecular weight excluding hydrogens is 233 g/mol. The first kappa shape index (κ1) is 11.2. The minimum Gasteiger partial charge on any atom is -0.396 e. The van der Waals surface area contributed by atoms with Crippen LogP contribution >= 0.6 is 23.2 Å².